The zero-order valence-electron chi connectivity index (χ0n) is 16.6. The van der Waals surface area contributed by atoms with Crippen LogP contribution in [-0.4, -0.2) is 53.1 Å². The van der Waals surface area contributed by atoms with Crippen molar-refractivity contribution in [2.45, 2.75) is 33.2 Å². The van der Waals surface area contributed by atoms with Crippen LogP contribution in [0, 0.1) is 12.8 Å². The highest BCUT2D eigenvalue weighted by molar-refractivity contribution is 7.15. The third-order valence-electron chi connectivity index (χ3n) is 4.66. The minimum Gasteiger partial charge on any atom is -0.343 e. The van der Waals surface area contributed by atoms with Crippen molar-refractivity contribution in [1.29, 1.82) is 0 Å². The van der Waals surface area contributed by atoms with E-state index < -0.39 is 6.04 Å². The lowest BCUT2D eigenvalue weighted by Gasteiger charge is -2.36. The average molecular weight is 402 g/mol. The van der Waals surface area contributed by atoms with Crippen LogP contribution in [0.2, 0.25) is 0 Å². The summed E-state index contributed by atoms with van der Waals surface area (Å²) in [4.78, 5) is 29.6. The second-order valence-electron chi connectivity index (χ2n) is 7.43. The zero-order valence-corrected chi connectivity index (χ0v) is 17.4. The first-order valence-corrected chi connectivity index (χ1v) is 10.4. The molecule has 1 atom stereocenters. The first-order chi connectivity index (χ1) is 13.4. The molecule has 1 aromatic carbocycles. The number of aryl methyl sites for hydroxylation is 1. The summed E-state index contributed by atoms with van der Waals surface area (Å²) in [6, 6.07) is 8.81. The van der Waals surface area contributed by atoms with Crippen molar-refractivity contribution in [2.75, 3.05) is 31.1 Å². The molecule has 1 aromatic heterocycles. The molecule has 2 aromatic rings. The minimum atomic E-state index is -0.650. The van der Waals surface area contributed by atoms with Gasteiger partial charge in [-0.25, -0.2) is 0 Å². The molecule has 7 nitrogen and oxygen atoms in total. The van der Waals surface area contributed by atoms with E-state index in [1.165, 1.54) is 0 Å². The van der Waals surface area contributed by atoms with E-state index in [-0.39, 0.29) is 17.7 Å². The van der Waals surface area contributed by atoms with Crippen molar-refractivity contribution >= 4 is 28.3 Å². The number of piperazine rings is 1. The Hall–Kier alpha value is -2.48. The van der Waals surface area contributed by atoms with E-state index in [0.29, 0.717) is 32.6 Å². The number of hydrogen-bond donors (Lipinski definition) is 1. The van der Waals surface area contributed by atoms with Gasteiger partial charge in [0.25, 0.3) is 0 Å². The Morgan fingerprint density at radius 1 is 1.11 bits per heavy atom. The first-order valence-electron chi connectivity index (χ1n) is 9.62. The largest absolute Gasteiger partial charge is 0.343 e. The van der Waals surface area contributed by atoms with Gasteiger partial charge in [0.2, 0.25) is 16.9 Å². The number of carbonyl (C=O) groups excluding carboxylic acids is 2. The molecular formula is C20H27N5O2S. The van der Waals surface area contributed by atoms with Crippen LogP contribution in [0.5, 0.6) is 0 Å². The van der Waals surface area contributed by atoms with Crippen molar-refractivity contribution in [3.8, 4) is 0 Å². The number of nitrogens with one attached hydrogen (secondary N) is 1. The number of benzene rings is 1. The summed E-state index contributed by atoms with van der Waals surface area (Å²) >= 11 is 1.56. The second kappa shape index (κ2) is 9.14. The molecule has 1 N–H and O–H groups in total. The van der Waals surface area contributed by atoms with Crippen LogP contribution in [-0.2, 0) is 9.59 Å². The second-order valence-corrected chi connectivity index (χ2v) is 8.59. The Bertz CT molecular complexity index is 800. The monoisotopic (exact) mass is 401 g/mol. The van der Waals surface area contributed by atoms with Gasteiger partial charge >= 0.3 is 0 Å². The summed E-state index contributed by atoms with van der Waals surface area (Å²) in [5.41, 5.74) is 0.812. The highest BCUT2D eigenvalue weighted by Gasteiger charge is 2.30. The highest BCUT2D eigenvalue weighted by Crippen LogP contribution is 2.23. The van der Waals surface area contributed by atoms with Gasteiger partial charge in [0, 0.05) is 32.6 Å². The Morgan fingerprint density at radius 3 is 2.36 bits per heavy atom. The predicted octanol–water partition coefficient (Wildman–Crippen LogP) is 2.40. The zero-order chi connectivity index (χ0) is 20.1. The van der Waals surface area contributed by atoms with Crippen molar-refractivity contribution in [1.82, 2.24) is 20.4 Å². The molecule has 3 rings (SSSR count). The Balaban J connectivity index is 1.68. The Labute approximate surface area is 169 Å². The van der Waals surface area contributed by atoms with Crippen LogP contribution in [0.15, 0.2) is 30.3 Å². The fraction of sp³-hybridized carbons (Fsp3) is 0.500. The first kappa shape index (κ1) is 20.3. The van der Waals surface area contributed by atoms with E-state index in [0.717, 1.165) is 15.7 Å². The van der Waals surface area contributed by atoms with Gasteiger partial charge in [0.15, 0.2) is 0 Å². The number of aromatic nitrogens is 2. The van der Waals surface area contributed by atoms with Gasteiger partial charge < -0.3 is 15.1 Å². The molecule has 28 heavy (non-hydrogen) atoms. The van der Waals surface area contributed by atoms with E-state index in [1.54, 1.807) is 11.3 Å². The number of carbonyl (C=O) groups is 2. The number of amides is 2. The molecule has 0 spiro atoms. The molecule has 0 saturated carbocycles. The van der Waals surface area contributed by atoms with Crippen LogP contribution in [0.3, 0.4) is 0 Å². The van der Waals surface area contributed by atoms with Gasteiger partial charge in [0.1, 0.15) is 11.0 Å². The Kier molecular flexibility index (Phi) is 6.61. The number of anilines is 1. The van der Waals surface area contributed by atoms with Gasteiger partial charge in [-0.05, 0) is 18.4 Å². The molecule has 1 saturated heterocycles. The molecule has 2 amide bonds. The lowest BCUT2D eigenvalue weighted by Crippen LogP contribution is -2.52. The summed E-state index contributed by atoms with van der Waals surface area (Å²) in [6.07, 6.45) is 0.404. The van der Waals surface area contributed by atoms with E-state index >= 15 is 0 Å². The van der Waals surface area contributed by atoms with Crippen molar-refractivity contribution < 1.29 is 9.59 Å². The topological polar surface area (TPSA) is 78.4 Å². The van der Waals surface area contributed by atoms with E-state index in [1.807, 2.05) is 56.0 Å². The highest BCUT2D eigenvalue weighted by atomic mass is 32.1. The molecule has 2 heterocycles. The summed E-state index contributed by atoms with van der Waals surface area (Å²) in [5.74, 6) is 0.0852. The third-order valence-corrected chi connectivity index (χ3v) is 5.56. The van der Waals surface area contributed by atoms with E-state index in [9.17, 15) is 9.59 Å². The van der Waals surface area contributed by atoms with E-state index in [4.69, 9.17) is 0 Å². The maximum atomic E-state index is 13.2. The molecule has 0 aliphatic carbocycles. The lowest BCUT2D eigenvalue weighted by atomic mass is 10.0. The summed E-state index contributed by atoms with van der Waals surface area (Å²) in [5, 5.41) is 13.0. The van der Waals surface area contributed by atoms with Gasteiger partial charge in [-0.2, -0.15) is 0 Å². The number of nitrogens with zero attached hydrogens (tertiary/aromatic N) is 4. The smallest absolute Gasteiger partial charge is 0.249 e. The summed E-state index contributed by atoms with van der Waals surface area (Å²) < 4.78 is 0. The molecule has 1 unspecified atom stereocenters. The molecule has 1 aliphatic rings. The summed E-state index contributed by atoms with van der Waals surface area (Å²) in [7, 11) is 0. The molecule has 0 radical (unpaired) electrons. The molecule has 150 valence electrons. The van der Waals surface area contributed by atoms with Crippen molar-refractivity contribution in [3.05, 3.63) is 40.9 Å². The minimum absolute atomic E-state index is 0.0589. The fourth-order valence-electron chi connectivity index (χ4n) is 3.24. The molecular weight excluding hydrogens is 374 g/mol. The van der Waals surface area contributed by atoms with E-state index in [2.05, 4.69) is 20.4 Å². The predicted molar refractivity (Wildman–Crippen MR) is 110 cm³/mol. The van der Waals surface area contributed by atoms with Crippen LogP contribution in [0.25, 0.3) is 0 Å². The molecule has 8 heteroatoms. The molecule has 0 bridgehead atoms. The van der Waals surface area contributed by atoms with Crippen LogP contribution < -0.4 is 10.2 Å². The van der Waals surface area contributed by atoms with Crippen LogP contribution in [0.4, 0.5) is 5.13 Å². The maximum Gasteiger partial charge on any atom is 0.249 e. The van der Waals surface area contributed by atoms with Gasteiger partial charge in [-0.1, -0.05) is 55.5 Å². The normalized spacial score (nSPS) is 15.6. The maximum absolute atomic E-state index is 13.2. The van der Waals surface area contributed by atoms with Crippen molar-refractivity contribution in [3.63, 3.8) is 0 Å². The van der Waals surface area contributed by atoms with Crippen molar-refractivity contribution in [2.24, 2.45) is 5.92 Å². The molecule has 1 aliphatic heterocycles. The summed E-state index contributed by atoms with van der Waals surface area (Å²) in [6.45, 7) is 8.54. The van der Waals surface area contributed by atoms with Gasteiger partial charge in [0.05, 0.1) is 0 Å². The van der Waals surface area contributed by atoms with Gasteiger partial charge in [-0.3, -0.25) is 9.59 Å². The van der Waals surface area contributed by atoms with Crippen LogP contribution in [0.1, 0.15) is 36.9 Å². The number of hydrogen-bond acceptors (Lipinski definition) is 6. The quantitative estimate of drug-likeness (QED) is 0.804. The Morgan fingerprint density at radius 2 is 1.79 bits per heavy atom. The SMILES string of the molecule is Cc1nnc(N2CCN(C(=O)C(NC(=O)CC(C)C)c3ccccc3)CC2)s1. The lowest BCUT2D eigenvalue weighted by molar-refractivity contribution is -0.137. The average Bonchev–Trinajstić information content (AvgIpc) is 3.12. The fourth-order valence-corrected chi connectivity index (χ4v) is 3.98. The molecule has 1 fully saturated rings. The van der Waals surface area contributed by atoms with Gasteiger partial charge in [-0.15, -0.1) is 10.2 Å². The number of rotatable bonds is 6. The standard InChI is InChI=1S/C20H27N5O2S/c1-14(2)13-17(26)21-18(16-7-5-4-6-8-16)19(27)24-9-11-25(12-10-24)20-23-22-15(3)28-20/h4-8,14,18H,9-13H2,1-3H3,(H,21,26). The van der Waals surface area contributed by atoms with Crippen LogP contribution >= 0.6 is 11.3 Å². The third kappa shape index (κ3) is 5.07.